The molecule has 0 aromatic heterocycles. The Kier molecular flexibility index (Phi) is 41.5. The zero-order valence-corrected chi connectivity index (χ0v) is 44.9. The third kappa shape index (κ3) is 41.8. The quantitative estimate of drug-likeness (QED) is 0.0340. The fourth-order valence-corrected chi connectivity index (χ4v) is 7.10. The molecule has 0 radical (unpaired) electrons. The minimum Gasteiger partial charge on any atom is -0.466 e. The predicted octanol–water partition coefficient (Wildman–Crippen LogP) is 11.2. The molecule has 1 amide bonds. The zero-order chi connectivity index (χ0) is 52.9. The van der Waals surface area contributed by atoms with E-state index in [0.29, 0.717) is 77.0 Å². The number of amides is 1. The maximum absolute atomic E-state index is 14.1. The van der Waals surface area contributed by atoms with E-state index in [-0.39, 0.29) is 76.9 Å². The van der Waals surface area contributed by atoms with E-state index in [2.05, 4.69) is 26.1 Å². The highest BCUT2D eigenvalue weighted by atomic mass is 16.6. The molecule has 0 aliphatic rings. The molecule has 0 aromatic rings. The summed E-state index contributed by atoms with van der Waals surface area (Å²) in [4.78, 5) is 103. The third-order valence-corrected chi connectivity index (χ3v) is 11.1. The normalized spacial score (nSPS) is 11.3. The second kappa shape index (κ2) is 44.3. The topological polar surface area (TPSA) is 222 Å². The van der Waals surface area contributed by atoms with Gasteiger partial charge < -0.3 is 43.2 Å². The van der Waals surface area contributed by atoms with Crippen LogP contribution in [0.15, 0.2) is 0 Å². The molecule has 0 aromatic carbocycles. The number of ether oxygens (including phenoxy) is 8. The van der Waals surface area contributed by atoms with Crippen LogP contribution in [0.1, 0.15) is 241 Å². The SMILES string of the molecule is CCCCCCCC(=O)OCCCCCOC(=O)CC(CC(=O)OCCCCCOC(=O)CCCCCCC)(OC(=O)CCCNC(=O)OC(C)(C)C)C(=O)OCCCCCOC(=O)CCCCCCC. The second-order valence-electron chi connectivity index (χ2n) is 19.3. The summed E-state index contributed by atoms with van der Waals surface area (Å²) >= 11 is 0. The van der Waals surface area contributed by atoms with Gasteiger partial charge in [0.1, 0.15) is 5.60 Å². The molecule has 0 rings (SSSR count). The van der Waals surface area contributed by atoms with Crippen molar-refractivity contribution >= 4 is 47.9 Å². The largest absolute Gasteiger partial charge is 0.466 e. The van der Waals surface area contributed by atoms with Gasteiger partial charge >= 0.3 is 47.9 Å². The molecule has 0 unspecified atom stereocenters. The maximum atomic E-state index is 14.1. The van der Waals surface area contributed by atoms with Crippen LogP contribution in [0.3, 0.4) is 0 Å². The van der Waals surface area contributed by atoms with Gasteiger partial charge in [-0.25, -0.2) is 9.59 Å². The predicted molar refractivity (Wildman–Crippen MR) is 269 cm³/mol. The van der Waals surface area contributed by atoms with Gasteiger partial charge in [-0.1, -0.05) is 97.8 Å². The van der Waals surface area contributed by atoms with E-state index in [1.54, 1.807) is 20.8 Å². The van der Waals surface area contributed by atoms with Crippen LogP contribution >= 0.6 is 0 Å². The Morgan fingerprint density at radius 1 is 0.338 bits per heavy atom. The molecule has 0 atom stereocenters. The summed E-state index contributed by atoms with van der Waals surface area (Å²) in [7, 11) is 0. The Hall–Kier alpha value is -4.44. The van der Waals surface area contributed by atoms with Crippen LogP contribution in [-0.2, 0) is 71.5 Å². The Labute approximate surface area is 426 Å². The van der Waals surface area contributed by atoms with Crippen molar-refractivity contribution < 1.29 is 76.3 Å². The van der Waals surface area contributed by atoms with E-state index >= 15 is 0 Å². The minimum atomic E-state index is -2.45. The van der Waals surface area contributed by atoms with Gasteiger partial charge in [-0.15, -0.1) is 0 Å². The summed E-state index contributed by atoms with van der Waals surface area (Å²) in [6.07, 6.45) is 18.3. The Morgan fingerprint density at radius 2 is 0.648 bits per heavy atom. The maximum Gasteiger partial charge on any atom is 0.407 e. The first-order chi connectivity index (χ1) is 34.1. The minimum absolute atomic E-state index is 0.0241. The van der Waals surface area contributed by atoms with E-state index in [9.17, 15) is 38.4 Å². The molecule has 17 nitrogen and oxygen atoms in total. The molecule has 17 heteroatoms. The zero-order valence-electron chi connectivity index (χ0n) is 44.9. The molecule has 0 fully saturated rings. The average molecular weight is 1010 g/mol. The van der Waals surface area contributed by atoms with Gasteiger partial charge in [-0.2, -0.15) is 0 Å². The molecule has 412 valence electrons. The summed E-state index contributed by atoms with van der Waals surface area (Å²) in [5, 5.41) is 2.55. The number of hydrogen-bond acceptors (Lipinski definition) is 16. The lowest BCUT2D eigenvalue weighted by Crippen LogP contribution is -2.49. The number of carbonyl (C=O) groups is 8. The molecule has 1 N–H and O–H groups in total. The van der Waals surface area contributed by atoms with E-state index in [4.69, 9.17) is 37.9 Å². The molecular weight excluding hydrogens is 919 g/mol. The van der Waals surface area contributed by atoms with Crippen LogP contribution in [0.25, 0.3) is 0 Å². The lowest BCUT2D eigenvalue weighted by atomic mass is 9.94. The van der Waals surface area contributed by atoms with Crippen LogP contribution in [0.4, 0.5) is 4.79 Å². The number of esters is 7. The van der Waals surface area contributed by atoms with Gasteiger partial charge in [0.15, 0.2) is 0 Å². The number of carbonyl (C=O) groups excluding carboxylic acids is 8. The average Bonchev–Trinajstić information content (AvgIpc) is 3.31. The van der Waals surface area contributed by atoms with Gasteiger partial charge in [0.2, 0.25) is 5.60 Å². The molecule has 71 heavy (non-hydrogen) atoms. The second-order valence-corrected chi connectivity index (χ2v) is 19.3. The highest BCUT2D eigenvalue weighted by Gasteiger charge is 2.49. The van der Waals surface area contributed by atoms with E-state index < -0.39 is 54.0 Å². The molecule has 0 aliphatic carbocycles. The van der Waals surface area contributed by atoms with Crippen molar-refractivity contribution in [3.05, 3.63) is 0 Å². The first-order valence-corrected chi connectivity index (χ1v) is 27.2. The van der Waals surface area contributed by atoms with Crippen LogP contribution in [-0.4, -0.2) is 105 Å². The van der Waals surface area contributed by atoms with E-state index in [1.807, 2.05) is 0 Å². The summed E-state index contributed by atoms with van der Waals surface area (Å²) in [5.41, 5.74) is -3.19. The van der Waals surface area contributed by atoms with Crippen LogP contribution in [0.2, 0.25) is 0 Å². The van der Waals surface area contributed by atoms with Crippen LogP contribution < -0.4 is 5.32 Å². The Bertz CT molecular complexity index is 1410. The van der Waals surface area contributed by atoms with Crippen molar-refractivity contribution in [2.75, 3.05) is 46.2 Å². The third-order valence-electron chi connectivity index (χ3n) is 11.1. The highest BCUT2D eigenvalue weighted by Crippen LogP contribution is 2.27. The lowest BCUT2D eigenvalue weighted by Gasteiger charge is -2.30. The number of nitrogens with one attached hydrogen (secondary N) is 1. The first-order valence-electron chi connectivity index (χ1n) is 27.2. The van der Waals surface area contributed by atoms with Crippen molar-refractivity contribution in [3.8, 4) is 0 Å². The van der Waals surface area contributed by atoms with Crippen molar-refractivity contribution in [2.24, 2.45) is 0 Å². The smallest absolute Gasteiger partial charge is 0.407 e. The van der Waals surface area contributed by atoms with Crippen molar-refractivity contribution in [2.45, 2.75) is 252 Å². The van der Waals surface area contributed by atoms with E-state index in [1.165, 1.54) is 0 Å². The Morgan fingerprint density at radius 3 is 1.00 bits per heavy atom. The Balaban J connectivity index is 5.72. The summed E-state index contributed by atoms with van der Waals surface area (Å²) in [6.45, 7) is 12.0. The lowest BCUT2D eigenvalue weighted by molar-refractivity contribution is -0.191. The molecule has 0 bridgehead atoms. The monoisotopic (exact) mass is 1010 g/mol. The van der Waals surface area contributed by atoms with Gasteiger partial charge in [-0.3, -0.25) is 28.8 Å². The van der Waals surface area contributed by atoms with Crippen LogP contribution in [0.5, 0.6) is 0 Å². The summed E-state index contributed by atoms with van der Waals surface area (Å²) in [5.74, 6) is -4.67. The molecule has 0 saturated carbocycles. The van der Waals surface area contributed by atoms with Crippen LogP contribution in [0, 0.1) is 0 Å². The fourth-order valence-electron chi connectivity index (χ4n) is 7.10. The molecule has 0 saturated heterocycles. The van der Waals surface area contributed by atoms with Gasteiger partial charge in [0, 0.05) is 32.2 Å². The van der Waals surface area contributed by atoms with Crippen molar-refractivity contribution in [3.63, 3.8) is 0 Å². The van der Waals surface area contributed by atoms with Gasteiger partial charge in [-0.05, 0) is 104 Å². The van der Waals surface area contributed by atoms with Gasteiger partial charge in [0.25, 0.3) is 0 Å². The van der Waals surface area contributed by atoms with Gasteiger partial charge in [0.05, 0.1) is 52.5 Å². The number of alkyl carbamates (subject to hydrolysis) is 1. The number of rotatable bonds is 46. The van der Waals surface area contributed by atoms with E-state index in [0.717, 1.165) is 96.3 Å². The molecule has 0 spiro atoms. The number of unbranched alkanes of at least 4 members (excludes halogenated alkanes) is 18. The fraction of sp³-hybridized carbons (Fsp3) is 0.852. The molecule has 0 heterocycles. The standard InChI is InChI=1S/C54H95NO16/c1-7-10-13-16-22-32-45(56)64-37-25-19-28-40-67-49(60)43-54(70-48(59)35-31-36-55-52(63)71-53(4,5)6,51(62)69-42-30-21-27-39-66-47(58)34-24-18-15-12-9-3)44-50(61)68-41-29-20-26-38-65-46(57)33-23-17-14-11-8-2/h7-44H2,1-6H3,(H,55,63). The molecule has 0 aliphatic heterocycles. The first kappa shape index (κ1) is 66.6. The van der Waals surface area contributed by atoms with Crippen molar-refractivity contribution in [1.82, 2.24) is 5.32 Å². The van der Waals surface area contributed by atoms with Crippen molar-refractivity contribution in [1.29, 1.82) is 0 Å². The summed E-state index contributed by atoms with van der Waals surface area (Å²) < 4.78 is 43.5. The molecular formula is C54H95NO16. The highest BCUT2D eigenvalue weighted by molar-refractivity contribution is 5.92. The summed E-state index contributed by atoms with van der Waals surface area (Å²) in [6, 6.07) is 0. The number of hydrogen-bond donors (Lipinski definition) is 1.